The molecule has 0 amide bonds. The van der Waals surface area contributed by atoms with Gasteiger partial charge in [-0.15, -0.1) is 0 Å². The van der Waals surface area contributed by atoms with Crippen LogP contribution in [-0.2, 0) is 6.42 Å². The van der Waals surface area contributed by atoms with Crippen LogP contribution in [0, 0.1) is 5.82 Å². The van der Waals surface area contributed by atoms with Gasteiger partial charge in [0.15, 0.2) is 0 Å². The molecule has 1 N–H and O–H groups in total. The Kier molecular flexibility index (Phi) is 4.38. The van der Waals surface area contributed by atoms with Crippen LogP contribution in [0.25, 0.3) is 0 Å². The first-order valence-corrected chi connectivity index (χ1v) is 6.61. The molecule has 94 valence electrons. The highest BCUT2D eigenvalue weighted by atomic mass is 79.9. The van der Waals surface area contributed by atoms with E-state index in [1.807, 2.05) is 12.1 Å². The molecular formula is C14H11BrClFO. The minimum Gasteiger partial charge on any atom is -0.388 e. The van der Waals surface area contributed by atoms with Crippen LogP contribution in [0.5, 0.6) is 0 Å². The van der Waals surface area contributed by atoms with Gasteiger partial charge in [0.25, 0.3) is 0 Å². The van der Waals surface area contributed by atoms with Gasteiger partial charge in [-0.3, -0.25) is 0 Å². The average Bonchev–Trinajstić information content (AvgIpc) is 2.34. The van der Waals surface area contributed by atoms with E-state index in [9.17, 15) is 9.50 Å². The van der Waals surface area contributed by atoms with Crippen molar-refractivity contribution in [2.75, 3.05) is 0 Å². The summed E-state index contributed by atoms with van der Waals surface area (Å²) < 4.78 is 14.5. The third kappa shape index (κ3) is 3.10. The number of aliphatic hydroxyl groups is 1. The third-order valence-corrected chi connectivity index (χ3v) is 3.54. The quantitative estimate of drug-likeness (QED) is 0.878. The summed E-state index contributed by atoms with van der Waals surface area (Å²) in [6.45, 7) is 0. The second-order valence-electron chi connectivity index (χ2n) is 3.98. The fourth-order valence-corrected chi connectivity index (χ4v) is 2.41. The summed E-state index contributed by atoms with van der Waals surface area (Å²) in [5.41, 5.74) is 1.07. The smallest absolute Gasteiger partial charge is 0.127 e. The van der Waals surface area contributed by atoms with Crippen LogP contribution in [0.15, 0.2) is 46.9 Å². The Morgan fingerprint density at radius 2 is 1.94 bits per heavy atom. The predicted molar refractivity (Wildman–Crippen MR) is 74.2 cm³/mol. The maximum atomic E-state index is 13.6. The van der Waals surface area contributed by atoms with Gasteiger partial charge in [0.1, 0.15) is 5.82 Å². The van der Waals surface area contributed by atoms with Crippen molar-refractivity contribution in [1.29, 1.82) is 0 Å². The molecule has 0 aliphatic carbocycles. The Hall–Kier alpha value is -0.900. The van der Waals surface area contributed by atoms with Crippen molar-refractivity contribution in [2.24, 2.45) is 0 Å². The van der Waals surface area contributed by atoms with E-state index in [0.29, 0.717) is 10.6 Å². The summed E-state index contributed by atoms with van der Waals surface area (Å²) >= 11 is 9.27. The molecule has 0 saturated carbocycles. The van der Waals surface area contributed by atoms with Gasteiger partial charge >= 0.3 is 0 Å². The molecule has 4 heteroatoms. The van der Waals surface area contributed by atoms with Gasteiger partial charge in [-0.05, 0) is 29.8 Å². The summed E-state index contributed by atoms with van der Waals surface area (Å²) in [7, 11) is 0. The molecule has 0 saturated heterocycles. The zero-order chi connectivity index (χ0) is 13.1. The monoisotopic (exact) mass is 328 g/mol. The average molecular weight is 330 g/mol. The molecule has 1 atom stereocenters. The highest BCUT2D eigenvalue weighted by Gasteiger charge is 2.14. The summed E-state index contributed by atoms with van der Waals surface area (Å²) in [6.07, 6.45) is -0.626. The van der Waals surface area contributed by atoms with E-state index in [-0.39, 0.29) is 6.42 Å². The second kappa shape index (κ2) is 5.83. The Morgan fingerprint density at radius 1 is 1.22 bits per heavy atom. The van der Waals surface area contributed by atoms with E-state index in [0.717, 1.165) is 10.0 Å². The molecule has 0 aliphatic heterocycles. The van der Waals surface area contributed by atoms with E-state index >= 15 is 0 Å². The van der Waals surface area contributed by atoms with Crippen molar-refractivity contribution in [3.63, 3.8) is 0 Å². The van der Waals surface area contributed by atoms with Gasteiger partial charge < -0.3 is 5.11 Å². The molecule has 0 spiro atoms. The van der Waals surface area contributed by atoms with E-state index in [1.54, 1.807) is 24.3 Å². The van der Waals surface area contributed by atoms with Crippen molar-refractivity contribution >= 4 is 27.5 Å². The maximum Gasteiger partial charge on any atom is 0.127 e. The highest BCUT2D eigenvalue weighted by Crippen LogP contribution is 2.26. The maximum absolute atomic E-state index is 13.6. The minimum atomic E-state index is -0.781. The summed E-state index contributed by atoms with van der Waals surface area (Å²) in [5.74, 6) is -0.392. The van der Waals surface area contributed by atoms with Crippen molar-refractivity contribution in [2.45, 2.75) is 12.5 Å². The molecule has 0 fully saturated rings. The molecule has 0 aromatic heterocycles. The molecule has 2 aromatic rings. The van der Waals surface area contributed by atoms with E-state index in [1.165, 1.54) is 6.07 Å². The lowest BCUT2D eigenvalue weighted by Crippen LogP contribution is -2.04. The van der Waals surface area contributed by atoms with Gasteiger partial charge in [0.2, 0.25) is 0 Å². The zero-order valence-corrected chi connectivity index (χ0v) is 11.7. The molecule has 0 aliphatic rings. The van der Waals surface area contributed by atoms with Crippen LogP contribution in [0.4, 0.5) is 4.39 Å². The molecule has 18 heavy (non-hydrogen) atoms. The van der Waals surface area contributed by atoms with Crippen LogP contribution in [-0.4, -0.2) is 5.11 Å². The SMILES string of the molecule is OC(Cc1c(F)cccc1Cl)c1cccc(Br)c1. The molecule has 0 heterocycles. The summed E-state index contributed by atoms with van der Waals surface area (Å²) in [5, 5.41) is 10.4. The van der Waals surface area contributed by atoms with E-state index in [2.05, 4.69) is 15.9 Å². The number of benzene rings is 2. The first kappa shape index (κ1) is 13.5. The number of aliphatic hydroxyl groups excluding tert-OH is 1. The van der Waals surface area contributed by atoms with Crippen LogP contribution in [0.2, 0.25) is 5.02 Å². The summed E-state index contributed by atoms with van der Waals surface area (Å²) in [6, 6.07) is 11.8. The Morgan fingerprint density at radius 3 is 2.61 bits per heavy atom. The largest absolute Gasteiger partial charge is 0.388 e. The molecule has 0 radical (unpaired) electrons. The first-order valence-electron chi connectivity index (χ1n) is 5.44. The van der Waals surface area contributed by atoms with Crippen molar-refractivity contribution in [1.82, 2.24) is 0 Å². The standard InChI is InChI=1S/C14H11BrClFO/c15-10-4-1-3-9(7-10)14(18)8-11-12(16)5-2-6-13(11)17/h1-7,14,18H,8H2. The van der Waals surface area contributed by atoms with Crippen molar-refractivity contribution in [3.8, 4) is 0 Å². The Balaban J connectivity index is 2.24. The first-order chi connectivity index (χ1) is 8.58. The van der Waals surface area contributed by atoms with Gasteiger partial charge in [-0.1, -0.05) is 45.7 Å². The van der Waals surface area contributed by atoms with E-state index in [4.69, 9.17) is 11.6 Å². The molecule has 1 unspecified atom stereocenters. The Labute approximate surface area is 118 Å². The number of hydrogen-bond donors (Lipinski definition) is 1. The zero-order valence-electron chi connectivity index (χ0n) is 9.41. The lowest BCUT2D eigenvalue weighted by Gasteiger charge is -2.13. The van der Waals surface area contributed by atoms with Crippen LogP contribution < -0.4 is 0 Å². The van der Waals surface area contributed by atoms with Gasteiger partial charge in [-0.25, -0.2) is 4.39 Å². The lowest BCUT2D eigenvalue weighted by atomic mass is 10.0. The van der Waals surface area contributed by atoms with Gasteiger partial charge in [0, 0.05) is 21.5 Å². The molecule has 1 nitrogen and oxygen atoms in total. The molecule has 2 rings (SSSR count). The van der Waals surface area contributed by atoms with Crippen LogP contribution >= 0.6 is 27.5 Å². The lowest BCUT2D eigenvalue weighted by molar-refractivity contribution is 0.177. The topological polar surface area (TPSA) is 20.2 Å². The highest BCUT2D eigenvalue weighted by molar-refractivity contribution is 9.10. The van der Waals surface area contributed by atoms with Crippen molar-refractivity contribution < 1.29 is 9.50 Å². The number of halogens is 3. The van der Waals surface area contributed by atoms with Crippen LogP contribution in [0.1, 0.15) is 17.2 Å². The second-order valence-corrected chi connectivity index (χ2v) is 5.30. The number of rotatable bonds is 3. The summed E-state index contributed by atoms with van der Waals surface area (Å²) in [4.78, 5) is 0. The van der Waals surface area contributed by atoms with Crippen molar-refractivity contribution in [3.05, 3.63) is 68.9 Å². The van der Waals surface area contributed by atoms with Gasteiger partial charge in [-0.2, -0.15) is 0 Å². The Bertz CT molecular complexity index is 539. The fraction of sp³-hybridized carbons (Fsp3) is 0.143. The molecular weight excluding hydrogens is 319 g/mol. The normalized spacial score (nSPS) is 12.4. The minimum absolute atomic E-state index is 0.155. The third-order valence-electron chi connectivity index (χ3n) is 2.69. The van der Waals surface area contributed by atoms with Crippen LogP contribution in [0.3, 0.4) is 0 Å². The fourth-order valence-electron chi connectivity index (χ4n) is 1.75. The predicted octanol–water partition coefficient (Wildman–Crippen LogP) is 4.52. The van der Waals surface area contributed by atoms with Gasteiger partial charge in [0.05, 0.1) is 6.10 Å². The molecule has 2 aromatic carbocycles. The molecule has 0 bridgehead atoms. The number of hydrogen-bond acceptors (Lipinski definition) is 1. The van der Waals surface area contributed by atoms with E-state index < -0.39 is 11.9 Å².